The molecule has 2 rings (SSSR count). The summed E-state index contributed by atoms with van der Waals surface area (Å²) in [6.45, 7) is 1.71. The molecule has 2 aromatic rings. The van der Waals surface area contributed by atoms with Gasteiger partial charge in [0, 0.05) is 16.1 Å². The first-order valence-electron chi connectivity index (χ1n) is 5.55. The molecule has 0 radical (unpaired) electrons. The Morgan fingerprint density at radius 2 is 2.00 bits per heavy atom. The number of rotatable bonds is 4. The molecular formula is C13H10BrClN2O3. The van der Waals surface area contributed by atoms with Gasteiger partial charge in [-0.3, -0.25) is 4.79 Å². The second-order valence-corrected chi connectivity index (χ2v) is 5.06. The van der Waals surface area contributed by atoms with Crippen LogP contribution in [-0.4, -0.2) is 23.4 Å². The second-order valence-electron chi connectivity index (χ2n) is 3.82. The van der Waals surface area contributed by atoms with Crippen molar-refractivity contribution in [2.45, 2.75) is 6.92 Å². The summed E-state index contributed by atoms with van der Waals surface area (Å²) in [6, 6.07) is 4.70. The maximum absolute atomic E-state index is 10.9. The number of benzene rings is 1. The summed E-state index contributed by atoms with van der Waals surface area (Å²) in [6.07, 6.45) is 0.724. The zero-order valence-corrected chi connectivity index (χ0v) is 13.0. The van der Waals surface area contributed by atoms with Gasteiger partial charge in [0.25, 0.3) is 0 Å². The molecule has 0 spiro atoms. The summed E-state index contributed by atoms with van der Waals surface area (Å²) in [5.41, 5.74) is 0.464. The summed E-state index contributed by atoms with van der Waals surface area (Å²) in [4.78, 5) is 19.0. The predicted octanol–water partition coefficient (Wildman–Crippen LogP) is 3.81. The van der Waals surface area contributed by atoms with Gasteiger partial charge in [-0.15, -0.1) is 0 Å². The average molecular weight is 358 g/mol. The fourth-order valence-electron chi connectivity index (χ4n) is 1.55. The highest BCUT2D eigenvalue weighted by Gasteiger charge is 2.12. The molecule has 0 saturated carbocycles. The number of carbonyl (C=O) groups excluding carboxylic acids is 1. The molecule has 0 amide bonds. The number of carbonyl (C=O) groups is 1. The van der Waals surface area contributed by atoms with E-state index in [1.54, 1.807) is 19.1 Å². The average Bonchev–Trinajstić information content (AvgIpc) is 2.38. The van der Waals surface area contributed by atoms with Crippen molar-refractivity contribution in [1.29, 1.82) is 0 Å². The molecule has 0 atom stereocenters. The van der Waals surface area contributed by atoms with Crippen LogP contribution in [-0.2, 0) is 0 Å². The van der Waals surface area contributed by atoms with Crippen molar-refractivity contribution in [3.63, 3.8) is 0 Å². The molecule has 7 heteroatoms. The van der Waals surface area contributed by atoms with Gasteiger partial charge < -0.3 is 9.47 Å². The standard InChI is InChI=1S/C13H10BrClN2O3/c1-7-16-12(15)5-13(17-7)20-11-4-9(14)8(6-18)3-10(11)19-2/h3-6H,1-2H3. The summed E-state index contributed by atoms with van der Waals surface area (Å²) in [7, 11) is 1.49. The lowest BCUT2D eigenvalue weighted by atomic mass is 10.2. The molecule has 1 aromatic heterocycles. The molecular weight excluding hydrogens is 348 g/mol. The largest absolute Gasteiger partial charge is 0.493 e. The lowest BCUT2D eigenvalue weighted by Crippen LogP contribution is -1.96. The van der Waals surface area contributed by atoms with E-state index in [0.29, 0.717) is 33.2 Å². The molecule has 5 nitrogen and oxygen atoms in total. The van der Waals surface area contributed by atoms with Crippen LogP contribution in [0.5, 0.6) is 17.4 Å². The van der Waals surface area contributed by atoms with Crippen molar-refractivity contribution in [2.24, 2.45) is 0 Å². The number of methoxy groups -OCH3 is 1. The molecule has 0 saturated heterocycles. The van der Waals surface area contributed by atoms with E-state index in [9.17, 15) is 4.79 Å². The van der Waals surface area contributed by atoms with E-state index in [0.717, 1.165) is 6.29 Å². The highest BCUT2D eigenvalue weighted by atomic mass is 79.9. The van der Waals surface area contributed by atoms with Gasteiger partial charge in [-0.2, -0.15) is 4.98 Å². The van der Waals surface area contributed by atoms with Crippen LogP contribution < -0.4 is 9.47 Å². The van der Waals surface area contributed by atoms with E-state index < -0.39 is 0 Å². The molecule has 20 heavy (non-hydrogen) atoms. The molecule has 1 aromatic carbocycles. The van der Waals surface area contributed by atoms with Gasteiger partial charge in [0.2, 0.25) is 5.88 Å². The Hall–Kier alpha value is -1.66. The minimum Gasteiger partial charge on any atom is -0.493 e. The SMILES string of the molecule is COc1cc(C=O)c(Br)cc1Oc1cc(Cl)nc(C)n1. The number of hydrogen-bond acceptors (Lipinski definition) is 5. The minimum absolute atomic E-state index is 0.287. The smallest absolute Gasteiger partial charge is 0.224 e. The third kappa shape index (κ3) is 3.26. The molecule has 0 aliphatic heterocycles. The number of aromatic nitrogens is 2. The Kier molecular flexibility index (Phi) is 4.57. The second kappa shape index (κ2) is 6.19. The topological polar surface area (TPSA) is 61.3 Å². The Morgan fingerprint density at radius 1 is 1.25 bits per heavy atom. The molecule has 1 heterocycles. The van der Waals surface area contributed by atoms with Gasteiger partial charge in [-0.25, -0.2) is 4.98 Å². The number of nitrogens with zero attached hydrogens (tertiary/aromatic N) is 2. The van der Waals surface area contributed by atoms with E-state index in [-0.39, 0.29) is 5.15 Å². The maximum atomic E-state index is 10.9. The van der Waals surface area contributed by atoms with Gasteiger partial charge in [0.15, 0.2) is 17.8 Å². The third-order valence-electron chi connectivity index (χ3n) is 2.41. The van der Waals surface area contributed by atoms with Crippen molar-refractivity contribution in [2.75, 3.05) is 7.11 Å². The molecule has 0 fully saturated rings. The number of aldehydes is 1. The predicted molar refractivity (Wildman–Crippen MR) is 77.9 cm³/mol. The molecule has 0 N–H and O–H groups in total. The van der Waals surface area contributed by atoms with Crippen LogP contribution in [0, 0.1) is 6.92 Å². The highest BCUT2D eigenvalue weighted by Crippen LogP contribution is 2.35. The van der Waals surface area contributed by atoms with Crippen LogP contribution >= 0.6 is 27.5 Å². The van der Waals surface area contributed by atoms with E-state index in [1.165, 1.54) is 13.2 Å². The number of ether oxygens (including phenoxy) is 2. The Morgan fingerprint density at radius 3 is 2.60 bits per heavy atom. The Bertz CT molecular complexity index is 644. The minimum atomic E-state index is 0.287. The number of aryl methyl sites for hydroxylation is 1. The van der Waals surface area contributed by atoms with Gasteiger partial charge in [-0.1, -0.05) is 11.6 Å². The summed E-state index contributed by atoms with van der Waals surface area (Å²) in [5, 5.41) is 0.287. The van der Waals surface area contributed by atoms with Crippen molar-refractivity contribution in [3.05, 3.63) is 39.2 Å². The van der Waals surface area contributed by atoms with Crippen LogP contribution in [0.4, 0.5) is 0 Å². The molecule has 104 valence electrons. The molecule has 0 aliphatic carbocycles. The van der Waals surface area contributed by atoms with Gasteiger partial charge in [0.1, 0.15) is 11.0 Å². The first-order valence-corrected chi connectivity index (χ1v) is 6.72. The van der Waals surface area contributed by atoms with Gasteiger partial charge >= 0.3 is 0 Å². The van der Waals surface area contributed by atoms with Crippen LogP contribution in [0.15, 0.2) is 22.7 Å². The lowest BCUT2D eigenvalue weighted by Gasteiger charge is -2.11. The fourth-order valence-corrected chi connectivity index (χ4v) is 2.18. The number of halogens is 2. The molecule has 0 unspecified atom stereocenters. The highest BCUT2D eigenvalue weighted by molar-refractivity contribution is 9.10. The molecule has 0 aliphatic rings. The van der Waals surface area contributed by atoms with Crippen LogP contribution in [0.3, 0.4) is 0 Å². The van der Waals surface area contributed by atoms with Crippen LogP contribution in [0.25, 0.3) is 0 Å². The summed E-state index contributed by atoms with van der Waals surface area (Å²) >= 11 is 9.14. The van der Waals surface area contributed by atoms with Gasteiger partial charge in [-0.05, 0) is 35.0 Å². The van der Waals surface area contributed by atoms with Crippen molar-refractivity contribution in [1.82, 2.24) is 9.97 Å². The maximum Gasteiger partial charge on any atom is 0.224 e. The summed E-state index contributed by atoms with van der Waals surface area (Å²) in [5.74, 6) is 1.63. The lowest BCUT2D eigenvalue weighted by molar-refractivity contribution is 0.112. The fraction of sp³-hybridized carbons (Fsp3) is 0.154. The zero-order valence-electron chi connectivity index (χ0n) is 10.7. The Balaban J connectivity index is 2.42. The molecule has 0 bridgehead atoms. The zero-order chi connectivity index (χ0) is 14.7. The first-order chi connectivity index (χ1) is 9.53. The Labute approximate surface area is 129 Å². The first kappa shape index (κ1) is 14.7. The van der Waals surface area contributed by atoms with E-state index >= 15 is 0 Å². The van der Waals surface area contributed by atoms with Crippen molar-refractivity contribution >= 4 is 33.8 Å². The van der Waals surface area contributed by atoms with Crippen molar-refractivity contribution < 1.29 is 14.3 Å². The van der Waals surface area contributed by atoms with E-state index in [4.69, 9.17) is 21.1 Å². The third-order valence-corrected chi connectivity index (χ3v) is 3.29. The summed E-state index contributed by atoms with van der Waals surface area (Å²) < 4.78 is 11.4. The quantitative estimate of drug-likeness (QED) is 0.615. The normalized spacial score (nSPS) is 10.2. The number of hydrogen-bond donors (Lipinski definition) is 0. The monoisotopic (exact) mass is 356 g/mol. The van der Waals surface area contributed by atoms with Crippen LogP contribution in [0.1, 0.15) is 16.2 Å². The van der Waals surface area contributed by atoms with Gasteiger partial charge in [0.05, 0.1) is 7.11 Å². The van der Waals surface area contributed by atoms with E-state index in [1.807, 2.05) is 0 Å². The van der Waals surface area contributed by atoms with Crippen molar-refractivity contribution in [3.8, 4) is 17.4 Å². The van der Waals surface area contributed by atoms with E-state index in [2.05, 4.69) is 25.9 Å². The van der Waals surface area contributed by atoms with Crippen LogP contribution in [0.2, 0.25) is 5.15 Å².